The Morgan fingerprint density at radius 2 is 1.58 bits per heavy atom. The number of benzene rings is 3. The molecule has 0 amide bonds. The molecule has 0 N–H and O–H groups in total. The highest BCUT2D eigenvalue weighted by Gasteiger charge is 2.22. The summed E-state index contributed by atoms with van der Waals surface area (Å²) in [5.41, 5.74) is 1.64. The van der Waals surface area contributed by atoms with Gasteiger partial charge in [0.15, 0.2) is 23.0 Å². The number of ether oxygens (including phenoxy) is 3. The molecule has 0 saturated heterocycles. The van der Waals surface area contributed by atoms with Crippen molar-refractivity contribution in [3.8, 4) is 29.1 Å². The molecule has 7 nitrogen and oxygen atoms in total. The van der Waals surface area contributed by atoms with Crippen molar-refractivity contribution < 1.29 is 26.8 Å². The average Bonchev–Trinajstić information content (AvgIpc) is 2.83. The van der Waals surface area contributed by atoms with Gasteiger partial charge in [0.25, 0.3) is 0 Å². The molecule has 3 aromatic rings. The minimum atomic E-state index is -4.04. The highest BCUT2D eigenvalue weighted by Crippen LogP contribution is 2.37. The van der Waals surface area contributed by atoms with E-state index in [1.165, 1.54) is 33.5 Å². The zero-order valence-electron chi connectivity index (χ0n) is 18.0. The molecule has 3 aromatic carbocycles. The van der Waals surface area contributed by atoms with Gasteiger partial charge in [-0.25, -0.2) is 0 Å². The molecule has 0 aliphatic heterocycles. The predicted molar refractivity (Wildman–Crippen MR) is 133 cm³/mol. The second-order valence-electron chi connectivity index (χ2n) is 6.62. The molecular formula is C24H20INO6S. The molecule has 0 fully saturated rings. The number of hydrogen-bond acceptors (Lipinski definition) is 7. The lowest BCUT2D eigenvalue weighted by Gasteiger charge is -2.14. The van der Waals surface area contributed by atoms with Gasteiger partial charge in [-0.2, -0.15) is 13.7 Å². The summed E-state index contributed by atoms with van der Waals surface area (Å²) in [5, 5.41) is 9.73. The van der Waals surface area contributed by atoms with Crippen molar-refractivity contribution >= 4 is 44.4 Å². The highest BCUT2D eigenvalue weighted by molar-refractivity contribution is 14.1. The Bertz CT molecular complexity index is 1330. The summed E-state index contributed by atoms with van der Waals surface area (Å²) in [6.45, 7) is 0. The zero-order valence-corrected chi connectivity index (χ0v) is 21.0. The molecular weight excluding hydrogens is 557 g/mol. The van der Waals surface area contributed by atoms with E-state index >= 15 is 0 Å². The SMILES string of the molecule is COc1ccc(/C(C#N)=C/c2cc(I)c(OS(=O)(=O)c3ccccc3)c(OC)c2)cc1OC. The van der Waals surface area contributed by atoms with E-state index in [2.05, 4.69) is 6.07 Å². The molecule has 0 saturated carbocycles. The monoisotopic (exact) mass is 577 g/mol. The smallest absolute Gasteiger partial charge is 0.339 e. The third kappa shape index (κ3) is 5.58. The van der Waals surface area contributed by atoms with Crippen molar-refractivity contribution in [1.82, 2.24) is 0 Å². The third-order valence-electron chi connectivity index (χ3n) is 4.60. The Balaban J connectivity index is 2.01. The third-order valence-corrected chi connectivity index (χ3v) is 6.64. The second kappa shape index (κ2) is 10.6. The van der Waals surface area contributed by atoms with Crippen molar-refractivity contribution in [3.05, 3.63) is 75.4 Å². The normalized spacial score (nSPS) is 11.4. The lowest BCUT2D eigenvalue weighted by atomic mass is 10.0. The van der Waals surface area contributed by atoms with Crippen LogP contribution in [0.2, 0.25) is 0 Å². The Morgan fingerprint density at radius 1 is 0.909 bits per heavy atom. The topological polar surface area (TPSA) is 94.9 Å². The summed E-state index contributed by atoms with van der Waals surface area (Å²) in [5.74, 6) is 1.34. The first-order valence-electron chi connectivity index (χ1n) is 9.54. The number of nitrogens with zero attached hydrogens (tertiary/aromatic N) is 1. The number of rotatable bonds is 8. The van der Waals surface area contributed by atoms with E-state index in [0.29, 0.717) is 31.8 Å². The van der Waals surface area contributed by atoms with Crippen LogP contribution in [0.4, 0.5) is 0 Å². The molecule has 9 heteroatoms. The number of allylic oxidation sites excluding steroid dienone is 1. The molecule has 0 atom stereocenters. The van der Waals surface area contributed by atoms with Crippen molar-refractivity contribution in [2.24, 2.45) is 0 Å². The average molecular weight is 577 g/mol. The van der Waals surface area contributed by atoms with E-state index in [1.54, 1.807) is 54.6 Å². The summed E-state index contributed by atoms with van der Waals surface area (Å²) in [4.78, 5) is 0.0343. The van der Waals surface area contributed by atoms with Gasteiger partial charge in [-0.05, 0) is 82.3 Å². The summed E-state index contributed by atoms with van der Waals surface area (Å²) in [6.07, 6.45) is 1.67. The fraction of sp³-hybridized carbons (Fsp3) is 0.125. The van der Waals surface area contributed by atoms with Gasteiger partial charge in [-0.3, -0.25) is 0 Å². The molecule has 0 aromatic heterocycles. The first-order chi connectivity index (χ1) is 15.8. The van der Waals surface area contributed by atoms with Crippen molar-refractivity contribution in [3.63, 3.8) is 0 Å². The number of methoxy groups -OCH3 is 3. The van der Waals surface area contributed by atoms with Gasteiger partial charge in [0, 0.05) is 0 Å². The predicted octanol–water partition coefficient (Wildman–Crippen LogP) is 5.15. The van der Waals surface area contributed by atoms with Crippen LogP contribution >= 0.6 is 22.6 Å². The van der Waals surface area contributed by atoms with Gasteiger partial charge in [-0.1, -0.05) is 18.2 Å². The van der Waals surface area contributed by atoms with Gasteiger partial charge in [0.1, 0.15) is 4.90 Å². The maximum Gasteiger partial charge on any atom is 0.339 e. The fourth-order valence-electron chi connectivity index (χ4n) is 3.00. The van der Waals surface area contributed by atoms with Gasteiger partial charge >= 0.3 is 10.1 Å². The quantitative estimate of drug-likeness (QED) is 0.158. The molecule has 0 spiro atoms. The largest absolute Gasteiger partial charge is 0.493 e. The van der Waals surface area contributed by atoms with E-state index in [1.807, 2.05) is 22.6 Å². The van der Waals surface area contributed by atoms with Gasteiger partial charge in [0.05, 0.1) is 36.5 Å². The van der Waals surface area contributed by atoms with Crippen molar-refractivity contribution in [1.29, 1.82) is 5.26 Å². The molecule has 33 heavy (non-hydrogen) atoms. The van der Waals surface area contributed by atoms with Crippen LogP contribution in [-0.2, 0) is 10.1 Å². The summed E-state index contributed by atoms with van der Waals surface area (Å²) in [7, 11) is 0.429. The fourth-order valence-corrected chi connectivity index (χ4v) is 4.86. The number of halogens is 1. The van der Waals surface area contributed by atoms with E-state index in [4.69, 9.17) is 18.4 Å². The first-order valence-corrected chi connectivity index (χ1v) is 12.0. The second-order valence-corrected chi connectivity index (χ2v) is 9.33. The number of hydrogen-bond donors (Lipinski definition) is 0. The van der Waals surface area contributed by atoms with Crippen LogP contribution in [0, 0.1) is 14.9 Å². The Morgan fingerprint density at radius 3 is 2.18 bits per heavy atom. The van der Waals surface area contributed by atoms with Crippen LogP contribution in [-0.4, -0.2) is 29.7 Å². The Labute approximate surface area is 206 Å². The van der Waals surface area contributed by atoms with E-state index < -0.39 is 10.1 Å². The molecule has 0 unspecified atom stereocenters. The first kappa shape index (κ1) is 24.4. The number of nitriles is 1. The van der Waals surface area contributed by atoms with Crippen LogP contribution in [0.5, 0.6) is 23.0 Å². The van der Waals surface area contributed by atoms with Crippen molar-refractivity contribution in [2.45, 2.75) is 4.90 Å². The Hall–Kier alpha value is -3.23. The van der Waals surface area contributed by atoms with E-state index in [9.17, 15) is 13.7 Å². The van der Waals surface area contributed by atoms with Crippen LogP contribution in [0.1, 0.15) is 11.1 Å². The minimum Gasteiger partial charge on any atom is -0.493 e. The minimum absolute atomic E-state index is 0.0343. The highest BCUT2D eigenvalue weighted by atomic mass is 127. The van der Waals surface area contributed by atoms with Gasteiger partial charge < -0.3 is 18.4 Å². The molecule has 0 aliphatic rings. The molecule has 0 aliphatic carbocycles. The van der Waals surface area contributed by atoms with Crippen LogP contribution in [0.3, 0.4) is 0 Å². The zero-order chi connectivity index (χ0) is 24.0. The lowest BCUT2D eigenvalue weighted by molar-refractivity contribution is 0.355. The maximum absolute atomic E-state index is 12.7. The van der Waals surface area contributed by atoms with Crippen LogP contribution < -0.4 is 18.4 Å². The summed E-state index contributed by atoms with van der Waals surface area (Å²) in [6, 6.07) is 18.5. The van der Waals surface area contributed by atoms with E-state index in [0.717, 1.165) is 0 Å². The lowest BCUT2D eigenvalue weighted by Crippen LogP contribution is -2.11. The molecule has 0 radical (unpaired) electrons. The van der Waals surface area contributed by atoms with E-state index in [-0.39, 0.29) is 16.4 Å². The van der Waals surface area contributed by atoms with Gasteiger partial charge in [0.2, 0.25) is 0 Å². The summed E-state index contributed by atoms with van der Waals surface area (Å²) >= 11 is 1.97. The Kier molecular flexibility index (Phi) is 7.84. The molecule has 170 valence electrons. The molecule has 0 bridgehead atoms. The molecule has 3 rings (SSSR count). The molecule has 0 heterocycles. The van der Waals surface area contributed by atoms with Crippen molar-refractivity contribution in [2.75, 3.05) is 21.3 Å². The van der Waals surface area contributed by atoms with Gasteiger partial charge in [-0.15, -0.1) is 0 Å². The van der Waals surface area contributed by atoms with Crippen LogP contribution in [0.25, 0.3) is 11.6 Å². The summed E-state index contributed by atoms with van der Waals surface area (Å²) < 4.78 is 47.2. The standard InChI is InChI=1S/C24H20INO6S/c1-29-21-10-9-17(14-22(21)30-2)18(15-26)11-16-12-20(25)24(23(13-16)31-3)32-33(27,28)19-7-5-4-6-8-19/h4-14H,1-3H3/b18-11+. The van der Waals surface area contributed by atoms with Crippen LogP contribution in [0.15, 0.2) is 65.6 Å². The maximum atomic E-state index is 12.7.